The lowest BCUT2D eigenvalue weighted by Crippen LogP contribution is -2.45. The molecule has 0 heterocycles. The summed E-state index contributed by atoms with van der Waals surface area (Å²) in [5.41, 5.74) is 0. The normalized spacial score (nSPS) is 12.8. The maximum Gasteiger partial charge on any atom is 0.325 e. The van der Waals surface area contributed by atoms with E-state index in [0.29, 0.717) is 0 Å². The number of carbonyl (C=O) groups excluding carboxylic acids is 2. The number of esters is 1. The molecule has 0 saturated heterocycles. The van der Waals surface area contributed by atoms with Crippen molar-refractivity contribution >= 4 is 27.8 Å². The van der Waals surface area contributed by atoms with Crippen LogP contribution in [0.1, 0.15) is 27.7 Å². The quantitative estimate of drug-likeness (QED) is 0.574. The molecular formula is C11H20BrNO3. The minimum Gasteiger partial charge on any atom is -0.468 e. The second kappa shape index (κ2) is 6.89. The Bertz CT molecular complexity index is 254. The van der Waals surface area contributed by atoms with Crippen LogP contribution >= 0.6 is 15.9 Å². The number of alkyl halides is 1. The third kappa shape index (κ3) is 4.51. The lowest BCUT2D eigenvalue weighted by molar-refractivity contribution is -0.148. The predicted octanol–water partition coefficient (Wildman–Crippen LogP) is 1.82. The van der Waals surface area contributed by atoms with E-state index < -0.39 is 5.97 Å². The molecule has 94 valence electrons. The number of rotatable bonds is 5. The smallest absolute Gasteiger partial charge is 0.325 e. The average molecular weight is 294 g/mol. The Labute approximate surface area is 105 Å². The van der Waals surface area contributed by atoms with Crippen LogP contribution in [0.25, 0.3) is 0 Å². The highest BCUT2D eigenvalue weighted by atomic mass is 79.9. The average Bonchev–Trinajstić information content (AvgIpc) is 2.22. The van der Waals surface area contributed by atoms with E-state index in [2.05, 4.69) is 20.7 Å². The van der Waals surface area contributed by atoms with Crippen LogP contribution in [-0.2, 0) is 14.3 Å². The van der Waals surface area contributed by atoms with Crippen LogP contribution < -0.4 is 0 Å². The molecule has 0 radical (unpaired) electrons. The topological polar surface area (TPSA) is 46.6 Å². The number of halogens is 1. The maximum atomic E-state index is 12.0. The monoisotopic (exact) mass is 293 g/mol. The Morgan fingerprint density at radius 3 is 2.06 bits per heavy atom. The van der Waals surface area contributed by atoms with Crippen molar-refractivity contribution in [1.82, 2.24) is 4.90 Å². The molecule has 4 nitrogen and oxygen atoms in total. The summed E-state index contributed by atoms with van der Waals surface area (Å²) in [6.07, 6.45) is 0. The molecule has 0 rings (SSSR count). The van der Waals surface area contributed by atoms with Gasteiger partial charge in [-0.05, 0) is 19.8 Å². The van der Waals surface area contributed by atoms with Crippen LogP contribution in [0, 0.1) is 5.92 Å². The zero-order valence-corrected chi connectivity index (χ0v) is 12.1. The van der Waals surface area contributed by atoms with Crippen molar-refractivity contribution in [3.63, 3.8) is 0 Å². The van der Waals surface area contributed by atoms with E-state index in [0.717, 1.165) is 0 Å². The van der Waals surface area contributed by atoms with Crippen molar-refractivity contribution in [3.8, 4) is 0 Å². The van der Waals surface area contributed by atoms with Gasteiger partial charge in [0.1, 0.15) is 6.54 Å². The summed E-state index contributed by atoms with van der Waals surface area (Å²) in [7, 11) is 1.32. The molecule has 0 aliphatic carbocycles. The summed E-state index contributed by atoms with van der Waals surface area (Å²) >= 11 is 3.35. The van der Waals surface area contributed by atoms with Crippen molar-refractivity contribution in [3.05, 3.63) is 0 Å². The molecule has 0 aromatic rings. The SMILES string of the molecule is COC(=O)CN(C(=O)C(Br)C(C)C)C(C)C. The van der Waals surface area contributed by atoms with Crippen LogP contribution in [0.15, 0.2) is 0 Å². The Kier molecular flexibility index (Phi) is 6.64. The Hall–Kier alpha value is -0.580. The van der Waals surface area contributed by atoms with Crippen LogP contribution in [0.2, 0.25) is 0 Å². The zero-order chi connectivity index (χ0) is 12.9. The van der Waals surface area contributed by atoms with Gasteiger partial charge in [-0.1, -0.05) is 29.8 Å². The van der Waals surface area contributed by atoms with Gasteiger partial charge in [0.25, 0.3) is 0 Å². The minimum absolute atomic E-state index is 0.00181. The number of methoxy groups -OCH3 is 1. The molecule has 0 spiro atoms. The summed E-state index contributed by atoms with van der Waals surface area (Å²) in [4.78, 5) is 24.5. The molecule has 0 aliphatic rings. The highest BCUT2D eigenvalue weighted by Gasteiger charge is 2.27. The Morgan fingerprint density at radius 2 is 1.75 bits per heavy atom. The van der Waals surface area contributed by atoms with Crippen molar-refractivity contribution in [2.24, 2.45) is 5.92 Å². The lowest BCUT2D eigenvalue weighted by atomic mass is 10.1. The van der Waals surface area contributed by atoms with Crippen molar-refractivity contribution < 1.29 is 14.3 Å². The first-order valence-electron chi connectivity index (χ1n) is 5.32. The molecule has 0 N–H and O–H groups in total. The highest BCUT2D eigenvalue weighted by Crippen LogP contribution is 2.16. The maximum absolute atomic E-state index is 12.0. The third-order valence-electron chi connectivity index (χ3n) is 2.25. The fourth-order valence-electron chi connectivity index (χ4n) is 1.16. The third-order valence-corrected chi connectivity index (χ3v) is 3.70. The predicted molar refractivity (Wildman–Crippen MR) is 66.4 cm³/mol. The fraction of sp³-hybridized carbons (Fsp3) is 0.818. The van der Waals surface area contributed by atoms with Crippen LogP contribution in [0.5, 0.6) is 0 Å². The van der Waals surface area contributed by atoms with Gasteiger partial charge in [0.05, 0.1) is 11.9 Å². The van der Waals surface area contributed by atoms with Gasteiger partial charge in [-0.15, -0.1) is 0 Å². The molecule has 0 bridgehead atoms. The molecule has 5 heteroatoms. The summed E-state index contributed by atoms with van der Waals surface area (Å²) in [6.45, 7) is 7.66. The van der Waals surface area contributed by atoms with Gasteiger partial charge in [0.15, 0.2) is 0 Å². The molecule has 0 saturated carbocycles. The second-order valence-electron chi connectivity index (χ2n) is 4.28. The highest BCUT2D eigenvalue weighted by molar-refractivity contribution is 9.10. The summed E-state index contributed by atoms with van der Waals surface area (Å²) < 4.78 is 4.57. The summed E-state index contributed by atoms with van der Waals surface area (Å²) in [6, 6.07) is -0.0228. The molecule has 0 aromatic carbocycles. The van der Waals surface area contributed by atoms with E-state index in [1.54, 1.807) is 0 Å². The minimum atomic E-state index is -0.398. The van der Waals surface area contributed by atoms with Gasteiger partial charge >= 0.3 is 5.97 Å². The molecule has 16 heavy (non-hydrogen) atoms. The zero-order valence-electron chi connectivity index (χ0n) is 10.5. The van der Waals surface area contributed by atoms with E-state index in [4.69, 9.17) is 0 Å². The number of hydrogen-bond acceptors (Lipinski definition) is 3. The number of ether oxygens (including phenoxy) is 1. The van der Waals surface area contributed by atoms with E-state index in [-0.39, 0.29) is 29.2 Å². The van der Waals surface area contributed by atoms with Gasteiger partial charge < -0.3 is 9.64 Å². The number of nitrogens with zero attached hydrogens (tertiary/aromatic N) is 1. The molecular weight excluding hydrogens is 274 g/mol. The number of amides is 1. The van der Waals surface area contributed by atoms with Crippen LogP contribution in [0.4, 0.5) is 0 Å². The van der Waals surface area contributed by atoms with E-state index in [1.165, 1.54) is 12.0 Å². The van der Waals surface area contributed by atoms with Crippen molar-refractivity contribution in [2.45, 2.75) is 38.6 Å². The molecule has 0 fully saturated rings. The molecule has 0 aromatic heterocycles. The first-order chi connectivity index (χ1) is 7.31. The molecule has 1 atom stereocenters. The number of carbonyl (C=O) groups is 2. The lowest BCUT2D eigenvalue weighted by Gasteiger charge is -2.28. The second-order valence-corrected chi connectivity index (χ2v) is 5.27. The van der Waals surface area contributed by atoms with E-state index in [9.17, 15) is 9.59 Å². The Balaban J connectivity index is 4.66. The summed E-state index contributed by atoms with van der Waals surface area (Å²) in [5, 5.41) is 0. The van der Waals surface area contributed by atoms with Gasteiger partial charge in [0.2, 0.25) is 5.91 Å². The summed E-state index contributed by atoms with van der Waals surface area (Å²) in [5.74, 6) is -0.285. The van der Waals surface area contributed by atoms with E-state index >= 15 is 0 Å². The standard InChI is InChI=1S/C11H20BrNO3/c1-7(2)10(12)11(15)13(8(3)4)6-9(14)16-5/h7-8,10H,6H2,1-5H3. The van der Waals surface area contributed by atoms with Gasteiger partial charge in [-0.3, -0.25) is 9.59 Å². The molecule has 1 unspecified atom stereocenters. The van der Waals surface area contributed by atoms with Gasteiger partial charge in [-0.25, -0.2) is 0 Å². The fourth-order valence-corrected chi connectivity index (χ4v) is 1.43. The number of hydrogen-bond donors (Lipinski definition) is 0. The van der Waals surface area contributed by atoms with Crippen molar-refractivity contribution in [2.75, 3.05) is 13.7 Å². The molecule has 1 amide bonds. The Morgan fingerprint density at radius 1 is 1.25 bits per heavy atom. The van der Waals surface area contributed by atoms with E-state index in [1.807, 2.05) is 27.7 Å². The van der Waals surface area contributed by atoms with Crippen LogP contribution in [0.3, 0.4) is 0 Å². The van der Waals surface area contributed by atoms with Gasteiger partial charge in [0, 0.05) is 6.04 Å². The van der Waals surface area contributed by atoms with Gasteiger partial charge in [-0.2, -0.15) is 0 Å². The molecule has 0 aliphatic heterocycles. The largest absolute Gasteiger partial charge is 0.468 e. The first kappa shape index (κ1) is 15.4. The first-order valence-corrected chi connectivity index (χ1v) is 6.24. The van der Waals surface area contributed by atoms with Crippen LogP contribution in [-0.4, -0.2) is 41.3 Å². The van der Waals surface area contributed by atoms with Crippen molar-refractivity contribution in [1.29, 1.82) is 0 Å².